The van der Waals surface area contributed by atoms with Crippen LogP contribution in [0.1, 0.15) is 67.2 Å². The van der Waals surface area contributed by atoms with Crippen LogP contribution in [0.5, 0.6) is 0 Å². The van der Waals surface area contributed by atoms with Gasteiger partial charge in [-0.1, -0.05) is 40.8 Å². The van der Waals surface area contributed by atoms with Gasteiger partial charge in [0, 0.05) is 17.5 Å². The fourth-order valence-corrected chi connectivity index (χ4v) is 11.3. The van der Waals surface area contributed by atoms with Crippen LogP contribution in [-0.2, 0) is 28.5 Å². The minimum atomic E-state index is -2.11. The molecule has 5 saturated heterocycles. The fraction of sp³-hybridized carbons (Fsp3) is 0.857. The Bertz CT molecular complexity index is 1020. The molecule has 6 rings (SSSR count). The van der Waals surface area contributed by atoms with E-state index in [1.807, 2.05) is 13.0 Å². The van der Waals surface area contributed by atoms with E-state index < -0.39 is 18.9 Å². The molecule has 6 heterocycles. The minimum Gasteiger partial charge on any atom is -0.453 e. The number of epoxide rings is 1. The Balaban J connectivity index is 1.25. The van der Waals surface area contributed by atoms with Gasteiger partial charge in [0.15, 0.2) is 0 Å². The molecule has 7 nitrogen and oxygen atoms in total. The maximum Gasteiger partial charge on any atom is 0.334 e. The summed E-state index contributed by atoms with van der Waals surface area (Å²) in [4.78, 5) is 28.2. The van der Waals surface area contributed by atoms with E-state index in [1.54, 1.807) is 0 Å². The van der Waals surface area contributed by atoms with Crippen LogP contribution in [0.25, 0.3) is 0 Å². The molecule has 0 aromatic rings. The van der Waals surface area contributed by atoms with Crippen molar-refractivity contribution in [1.82, 2.24) is 4.90 Å². The van der Waals surface area contributed by atoms with Crippen molar-refractivity contribution in [2.45, 2.75) is 133 Å². The Hall–Kier alpha value is -1.22. The lowest BCUT2D eigenvalue weighted by Gasteiger charge is -2.46. The molecule has 0 radical (unpaired) electrons. The molecule has 10 atom stereocenters. The van der Waals surface area contributed by atoms with E-state index in [1.165, 1.54) is 0 Å². The number of cyclic esters (lactones) is 1. The second-order valence-corrected chi connectivity index (χ2v) is 19.8. The number of hydrogen-bond acceptors (Lipinski definition) is 7. The highest BCUT2D eigenvalue weighted by atomic mass is 28.3. The SMILES string of the molecule is CC1=CC([C@@H]2CC[C@H]3[C@H]4[C@H](C)[C@@H](C56OC(=O)C(C)([Si](C)(C)C(C)(C)C)C5O6)O[C@@H]4CCCN23)OC1=O. The molecule has 6 aliphatic rings. The number of carbonyl (C=O) groups excluding carboxylic acids is 2. The quantitative estimate of drug-likeness (QED) is 0.311. The maximum atomic E-state index is 13.5. The summed E-state index contributed by atoms with van der Waals surface area (Å²) in [7, 11) is -2.11. The van der Waals surface area contributed by atoms with Gasteiger partial charge >= 0.3 is 11.9 Å². The van der Waals surface area contributed by atoms with Crippen molar-refractivity contribution in [2.24, 2.45) is 11.8 Å². The molecular weight excluding hydrogens is 474 g/mol. The number of hydrogen-bond donors (Lipinski definition) is 0. The Morgan fingerprint density at radius 1 is 1.11 bits per heavy atom. The average Bonchev–Trinajstić information content (AvgIpc) is 2.95. The lowest BCUT2D eigenvalue weighted by molar-refractivity contribution is -0.177. The third kappa shape index (κ3) is 3.07. The Morgan fingerprint density at radius 3 is 2.44 bits per heavy atom. The molecule has 0 bridgehead atoms. The molecule has 0 amide bonds. The lowest BCUT2D eigenvalue weighted by Crippen LogP contribution is -2.53. The Morgan fingerprint density at radius 2 is 1.81 bits per heavy atom. The van der Waals surface area contributed by atoms with Crippen molar-refractivity contribution >= 4 is 20.0 Å². The van der Waals surface area contributed by atoms with E-state index in [9.17, 15) is 9.59 Å². The van der Waals surface area contributed by atoms with Crippen molar-refractivity contribution in [3.8, 4) is 0 Å². The van der Waals surface area contributed by atoms with Crippen LogP contribution in [0.15, 0.2) is 11.6 Å². The van der Waals surface area contributed by atoms with Crippen LogP contribution in [0, 0.1) is 11.8 Å². The standard InChI is InChI=1S/C28H43NO6Si/c1-15-14-20(33-23(15)30)17-11-12-18-21-16(2)22(32-19(21)10-9-13-29(17)18)28-24(34-28)27(6,25(31)35-28)36(7,8)26(3,4)5/h14,16-22,24H,9-13H2,1-8H3/t16-,17-,18-,19+,20?,21+,22-,24?,27?,28?/m0/s1. The summed E-state index contributed by atoms with van der Waals surface area (Å²) in [6.45, 7) is 18.6. The number of ether oxygens (including phenoxy) is 4. The predicted molar refractivity (Wildman–Crippen MR) is 137 cm³/mol. The van der Waals surface area contributed by atoms with Gasteiger partial charge in [-0.3, -0.25) is 9.69 Å². The summed E-state index contributed by atoms with van der Waals surface area (Å²) < 4.78 is 25.2. The number of rotatable bonds is 3. The number of esters is 2. The number of nitrogens with zero attached hydrogens (tertiary/aromatic N) is 1. The van der Waals surface area contributed by atoms with Gasteiger partial charge < -0.3 is 18.9 Å². The van der Waals surface area contributed by atoms with Gasteiger partial charge in [-0.2, -0.15) is 0 Å². The topological polar surface area (TPSA) is 77.6 Å². The van der Waals surface area contributed by atoms with E-state index >= 15 is 0 Å². The molecule has 6 aliphatic heterocycles. The molecular formula is C28H43NO6Si. The van der Waals surface area contributed by atoms with Gasteiger partial charge in [0.2, 0.25) is 0 Å². The van der Waals surface area contributed by atoms with E-state index in [4.69, 9.17) is 18.9 Å². The summed E-state index contributed by atoms with van der Waals surface area (Å²) in [5.74, 6) is -0.653. The van der Waals surface area contributed by atoms with Gasteiger partial charge in [-0.05, 0) is 63.1 Å². The zero-order valence-corrected chi connectivity index (χ0v) is 24.1. The molecule has 0 saturated carbocycles. The largest absolute Gasteiger partial charge is 0.453 e. The van der Waals surface area contributed by atoms with Crippen molar-refractivity contribution < 1.29 is 28.5 Å². The first-order valence-electron chi connectivity index (χ1n) is 14.0. The minimum absolute atomic E-state index is 0.0344. The second kappa shape index (κ2) is 7.67. The highest BCUT2D eigenvalue weighted by Crippen LogP contribution is 2.70. The average molecular weight is 518 g/mol. The first kappa shape index (κ1) is 25.1. The summed E-state index contributed by atoms with van der Waals surface area (Å²) in [5, 5.41) is -0.563. The third-order valence-corrected chi connectivity index (χ3v) is 18.3. The summed E-state index contributed by atoms with van der Waals surface area (Å²) >= 11 is 0. The zero-order valence-electron chi connectivity index (χ0n) is 23.1. The van der Waals surface area contributed by atoms with Crippen LogP contribution in [0.4, 0.5) is 0 Å². The summed E-state index contributed by atoms with van der Waals surface area (Å²) in [6, 6.07) is 0.614. The smallest absolute Gasteiger partial charge is 0.334 e. The van der Waals surface area contributed by atoms with E-state index in [2.05, 4.69) is 52.6 Å². The molecule has 0 aromatic carbocycles. The normalized spacial score (nSPS) is 48.6. The first-order chi connectivity index (χ1) is 16.7. The Kier molecular flexibility index (Phi) is 5.34. The van der Waals surface area contributed by atoms with Crippen molar-refractivity contribution in [3.63, 3.8) is 0 Å². The maximum absolute atomic E-state index is 13.5. The highest BCUT2D eigenvalue weighted by molar-refractivity contribution is 6.86. The van der Waals surface area contributed by atoms with E-state index in [0.29, 0.717) is 12.0 Å². The van der Waals surface area contributed by atoms with Crippen LogP contribution < -0.4 is 0 Å². The Labute approximate surface area is 216 Å². The highest BCUT2D eigenvalue weighted by Gasteiger charge is 2.85. The second-order valence-electron chi connectivity index (χ2n) is 14.0. The number of carbonyl (C=O) groups is 2. The van der Waals surface area contributed by atoms with Gasteiger partial charge in [0.25, 0.3) is 5.79 Å². The third-order valence-electron chi connectivity index (χ3n) is 11.5. The van der Waals surface area contributed by atoms with Crippen molar-refractivity contribution in [1.29, 1.82) is 0 Å². The van der Waals surface area contributed by atoms with Gasteiger partial charge in [-0.25, -0.2) is 4.79 Å². The first-order valence-corrected chi connectivity index (χ1v) is 17.0. The predicted octanol–water partition coefficient (Wildman–Crippen LogP) is 4.43. The van der Waals surface area contributed by atoms with Crippen LogP contribution in [0.3, 0.4) is 0 Å². The van der Waals surface area contributed by atoms with Crippen LogP contribution in [-0.4, -0.2) is 73.7 Å². The molecule has 36 heavy (non-hydrogen) atoms. The van der Waals surface area contributed by atoms with Crippen molar-refractivity contribution in [2.75, 3.05) is 6.54 Å². The molecule has 5 fully saturated rings. The zero-order chi connectivity index (χ0) is 26.0. The molecule has 0 spiro atoms. The molecule has 8 heteroatoms. The number of fused-ring (bicyclic) bond motifs is 4. The summed E-state index contributed by atoms with van der Waals surface area (Å²) in [6.07, 6.45) is 5.68. The lowest BCUT2D eigenvalue weighted by atomic mass is 9.79. The molecule has 200 valence electrons. The van der Waals surface area contributed by atoms with Crippen molar-refractivity contribution in [3.05, 3.63) is 11.6 Å². The molecule has 0 aliphatic carbocycles. The molecule has 0 N–H and O–H groups in total. The fourth-order valence-electron chi connectivity index (χ4n) is 8.25. The monoisotopic (exact) mass is 517 g/mol. The van der Waals surface area contributed by atoms with Crippen LogP contribution >= 0.6 is 0 Å². The summed E-state index contributed by atoms with van der Waals surface area (Å²) in [5.41, 5.74) is 0.720. The van der Waals surface area contributed by atoms with Crippen LogP contribution in [0.2, 0.25) is 23.2 Å². The molecule has 4 unspecified atom stereocenters. The molecule has 0 aromatic heterocycles. The van der Waals surface area contributed by atoms with Gasteiger partial charge in [0.1, 0.15) is 18.3 Å². The van der Waals surface area contributed by atoms with Gasteiger partial charge in [-0.15, -0.1) is 0 Å². The van der Waals surface area contributed by atoms with E-state index in [0.717, 1.165) is 37.8 Å². The van der Waals surface area contributed by atoms with Gasteiger partial charge in [0.05, 0.1) is 25.3 Å². The van der Waals surface area contributed by atoms with E-state index in [-0.39, 0.29) is 53.4 Å².